The fourth-order valence-corrected chi connectivity index (χ4v) is 2.39. The number of hydroxylamine groups is 1. The lowest BCUT2D eigenvalue weighted by atomic mass is 9.94. The number of nitrogens with one attached hydrogen (secondary N) is 1. The zero-order valence-electron chi connectivity index (χ0n) is 11.1. The molecule has 0 aromatic rings. The van der Waals surface area contributed by atoms with E-state index < -0.39 is 0 Å². The van der Waals surface area contributed by atoms with Gasteiger partial charge in [0.15, 0.2) is 0 Å². The van der Waals surface area contributed by atoms with Crippen LogP contribution in [0.25, 0.3) is 0 Å². The average molecular weight is 242 g/mol. The quantitative estimate of drug-likeness (QED) is 0.671. The zero-order chi connectivity index (χ0) is 12.7. The first-order chi connectivity index (χ1) is 8.11. The molecule has 0 radical (unpaired) electrons. The predicted octanol–water partition coefficient (Wildman–Crippen LogP) is 1.99. The number of carbonyl (C=O) groups excluding carboxylic acids is 1. The fraction of sp³-hybridized carbons (Fsp3) is 0.923. The van der Waals surface area contributed by atoms with Crippen LogP contribution in [0.5, 0.6) is 0 Å². The summed E-state index contributed by atoms with van der Waals surface area (Å²) in [5, 5.41) is 0. The SMILES string of the molecule is CC(C)CC(CN)CC(=O)NOC1CCCC1. The normalized spacial score (nSPS) is 18.6. The molecule has 4 heteroatoms. The number of amides is 1. The lowest BCUT2D eigenvalue weighted by Gasteiger charge is -2.17. The van der Waals surface area contributed by atoms with E-state index in [9.17, 15) is 4.79 Å². The van der Waals surface area contributed by atoms with Gasteiger partial charge in [0.1, 0.15) is 0 Å². The Morgan fingerprint density at radius 1 is 1.41 bits per heavy atom. The van der Waals surface area contributed by atoms with Crippen LogP contribution in [0.2, 0.25) is 0 Å². The van der Waals surface area contributed by atoms with Crippen molar-refractivity contribution in [3.8, 4) is 0 Å². The molecule has 1 aliphatic rings. The summed E-state index contributed by atoms with van der Waals surface area (Å²) >= 11 is 0. The average Bonchev–Trinajstić information content (AvgIpc) is 2.77. The van der Waals surface area contributed by atoms with Gasteiger partial charge in [-0.3, -0.25) is 9.63 Å². The smallest absolute Gasteiger partial charge is 0.243 e. The van der Waals surface area contributed by atoms with Crippen LogP contribution in [0.4, 0.5) is 0 Å². The monoisotopic (exact) mass is 242 g/mol. The fourth-order valence-electron chi connectivity index (χ4n) is 2.39. The number of rotatable bonds is 7. The van der Waals surface area contributed by atoms with Crippen LogP contribution < -0.4 is 11.2 Å². The number of hydrogen-bond acceptors (Lipinski definition) is 3. The van der Waals surface area contributed by atoms with Gasteiger partial charge in [0.25, 0.3) is 0 Å². The minimum atomic E-state index is -0.0343. The Kier molecular flexibility index (Phi) is 6.52. The van der Waals surface area contributed by atoms with Crippen LogP contribution in [0.3, 0.4) is 0 Å². The molecule has 17 heavy (non-hydrogen) atoms. The number of hydrogen-bond donors (Lipinski definition) is 2. The third kappa shape index (κ3) is 6.03. The van der Waals surface area contributed by atoms with Crippen molar-refractivity contribution >= 4 is 5.91 Å². The van der Waals surface area contributed by atoms with Crippen molar-refractivity contribution in [3.05, 3.63) is 0 Å². The zero-order valence-corrected chi connectivity index (χ0v) is 11.1. The molecule has 1 saturated carbocycles. The number of carbonyl (C=O) groups is 1. The molecule has 3 N–H and O–H groups in total. The van der Waals surface area contributed by atoms with Crippen molar-refractivity contribution in [1.82, 2.24) is 5.48 Å². The second-order valence-electron chi connectivity index (χ2n) is 5.48. The van der Waals surface area contributed by atoms with E-state index in [1.54, 1.807) is 0 Å². The van der Waals surface area contributed by atoms with Gasteiger partial charge in [-0.1, -0.05) is 26.7 Å². The minimum Gasteiger partial charge on any atom is -0.330 e. The Labute approximate surface area is 104 Å². The van der Waals surface area contributed by atoms with Crippen molar-refractivity contribution in [2.45, 2.75) is 58.5 Å². The van der Waals surface area contributed by atoms with Gasteiger partial charge in [0.05, 0.1) is 6.10 Å². The summed E-state index contributed by atoms with van der Waals surface area (Å²) < 4.78 is 0. The summed E-state index contributed by atoms with van der Waals surface area (Å²) in [6.45, 7) is 4.86. The largest absolute Gasteiger partial charge is 0.330 e. The van der Waals surface area contributed by atoms with Crippen LogP contribution in [0.15, 0.2) is 0 Å². The van der Waals surface area contributed by atoms with Crippen LogP contribution in [0, 0.1) is 11.8 Å². The molecule has 1 rings (SSSR count). The highest BCUT2D eigenvalue weighted by Gasteiger charge is 2.18. The molecule has 1 unspecified atom stereocenters. The van der Waals surface area contributed by atoms with Gasteiger partial charge in [-0.2, -0.15) is 0 Å². The highest BCUT2D eigenvalue weighted by atomic mass is 16.7. The Balaban J connectivity index is 2.17. The third-order valence-electron chi connectivity index (χ3n) is 3.25. The Morgan fingerprint density at radius 2 is 2.06 bits per heavy atom. The molecular weight excluding hydrogens is 216 g/mol. The molecule has 0 saturated heterocycles. The molecular formula is C13H26N2O2. The molecule has 0 spiro atoms. The molecule has 1 fully saturated rings. The first kappa shape index (κ1) is 14.5. The molecule has 0 aliphatic heterocycles. The first-order valence-electron chi connectivity index (χ1n) is 6.76. The van der Waals surface area contributed by atoms with E-state index in [0.717, 1.165) is 19.3 Å². The van der Waals surface area contributed by atoms with Crippen LogP contribution >= 0.6 is 0 Å². The van der Waals surface area contributed by atoms with Gasteiger partial charge in [-0.05, 0) is 37.6 Å². The molecule has 100 valence electrons. The molecule has 0 bridgehead atoms. The lowest BCUT2D eigenvalue weighted by molar-refractivity contribution is -0.139. The lowest BCUT2D eigenvalue weighted by Crippen LogP contribution is -2.31. The first-order valence-corrected chi connectivity index (χ1v) is 6.76. The minimum absolute atomic E-state index is 0.0343. The summed E-state index contributed by atoms with van der Waals surface area (Å²) in [7, 11) is 0. The molecule has 1 amide bonds. The van der Waals surface area contributed by atoms with E-state index in [2.05, 4.69) is 19.3 Å². The van der Waals surface area contributed by atoms with E-state index in [-0.39, 0.29) is 17.9 Å². The summed E-state index contributed by atoms with van der Waals surface area (Å²) in [4.78, 5) is 17.0. The second kappa shape index (κ2) is 7.67. The molecule has 1 atom stereocenters. The van der Waals surface area contributed by atoms with Crippen molar-refractivity contribution in [2.75, 3.05) is 6.54 Å². The van der Waals surface area contributed by atoms with E-state index >= 15 is 0 Å². The topological polar surface area (TPSA) is 64.4 Å². The number of nitrogens with two attached hydrogens (primary N) is 1. The standard InChI is InChI=1S/C13H26N2O2/c1-10(2)7-11(9-14)8-13(16)15-17-12-5-3-4-6-12/h10-12H,3-9,14H2,1-2H3,(H,15,16). The summed E-state index contributed by atoms with van der Waals surface area (Å²) in [5.74, 6) is 0.808. The van der Waals surface area contributed by atoms with Crippen molar-refractivity contribution in [2.24, 2.45) is 17.6 Å². The third-order valence-corrected chi connectivity index (χ3v) is 3.25. The van der Waals surface area contributed by atoms with Crippen molar-refractivity contribution < 1.29 is 9.63 Å². The Bertz CT molecular complexity index is 225. The summed E-state index contributed by atoms with van der Waals surface area (Å²) in [6, 6.07) is 0. The van der Waals surface area contributed by atoms with Crippen LogP contribution in [-0.2, 0) is 9.63 Å². The molecule has 0 aromatic carbocycles. The Hall–Kier alpha value is -0.610. The van der Waals surface area contributed by atoms with Gasteiger partial charge in [-0.25, -0.2) is 5.48 Å². The maximum Gasteiger partial charge on any atom is 0.243 e. The summed E-state index contributed by atoms with van der Waals surface area (Å²) in [6.07, 6.45) is 6.23. The highest BCUT2D eigenvalue weighted by molar-refractivity contribution is 5.75. The van der Waals surface area contributed by atoms with Crippen molar-refractivity contribution in [1.29, 1.82) is 0 Å². The Morgan fingerprint density at radius 3 is 2.59 bits per heavy atom. The molecule has 0 heterocycles. The molecule has 1 aliphatic carbocycles. The van der Waals surface area contributed by atoms with E-state index in [1.807, 2.05) is 0 Å². The maximum atomic E-state index is 11.7. The van der Waals surface area contributed by atoms with E-state index in [0.29, 0.717) is 18.9 Å². The summed E-state index contributed by atoms with van der Waals surface area (Å²) in [5.41, 5.74) is 8.23. The van der Waals surface area contributed by atoms with Gasteiger partial charge in [0.2, 0.25) is 5.91 Å². The van der Waals surface area contributed by atoms with Crippen LogP contribution in [0.1, 0.15) is 52.4 Å². The molecule has 0 aromatic heterocycles. The van der Waals surface area contributed by atoms with Crippen LogP contribution in [-0.4, -0.2) is 18.6 Å². The maximum absolute atomic E-state index is 11.7. The van der Waals surface area contributed by atoms with Gasteiger partial charge >= 0.3 is 0 Å². The van der Waals surface area contributed by atoms with Gasteiger partial charge < -0.3 is 5.73 Å². The predicted molar refractivity (Wildman–Crippen MR) is 68.1 cm³/mol. The highest BCUT2D eigenvalue weighted by Crippen LogP contribution is 2.20. The second-order valence-corrected chi connectivity index (χ2v) is 5.48. The van der Waals surface area contributed by atoms with E-state index in [4.69, 9.17) is 10.6 Å². The molecule has 4 nitrogen and oxygen atoms in total. The van der Waals surface area contributed by atoms with E-state index in [1.165, 1.54) is 12.8 Å². The van der Waals surface area contributed by atoms with Crippen molar-refractivity contribution in [3.63, 3.8) is 0 Å². The van der Waals surface area contributed by atoms with Gasteiger partial charge in [-0.15, -0.1) is 0 Å². The van der Waals surface area contributed by atoms with Gasteiger partial charge in [0, 0.05) is 6.42 Å².